The number of nitrogens with two attached hydrogens (primary N) is 1. The van der Waals surface area contributed by atoms with Crippen LogP contribution in [0.1, 0.15) is 26.5 Å². The van der Waals surface area contributed by atoms with Gasteiger partial charge in [0.05, 0.1) is 15.9 Å². The van der Waals surface area contributed by atoms with E-state index in [0.717, 1.165) is 52.2 Å². The maximum absolute atomic E-state index is 13.0. The molecule has 0 radical (unpaired) electrons. The van der Waals surface area contributed by atoms with Gasteiger partial charge in [-0.2, -0.15) is 0 Å². The van der Waals surface area contributed by atoms with Crippen LogP contribution in [0.25, 0.3) is 20.4 Å². The maximum atomic E-state index is 13.0. The molecular weight excluding hydrogens is 450 g/mol. The number of aromatic nitrogens is 2. The fourth-order valence-corrected chi connectivity index (χ4v) is 6.13. The van der Waals surface area contributed by atoms with Crippen LogP contribution in [0.15, 0.2) is 60.7 Å². The van der Waals surface area contributed by atoms with Crippen molar-refractivity contribution in [3.63, 3.8) is 0 Å². The first-order valence-corrected chi connectivity index (χ1v) is 12.4. The molecular formula is C25H21N5OS2. The van der Waals surface area contributed by atoms with E-state index >= 15 is 0 Å². The van der Waals surface area contributed by atoms with Gasteiger partial charge in [0.15, 0.2) is 5.13 Å². The van der Waals surface area contributed by atoms with Gasteiger partial charge in [-0.05, 0) is 29.3 Å². The molecule has 8 heteroatoms. The van der Waals surface area contributed by atoms with Crippen LogP contribution >= 0.6 is 22.7 Å². The number of amides is 1. The minimum Gasteiger partial charge on any atom is -0.397 e. The second-order valence-corrected chi connectivity index (χ2v) is 10.2. The zero-order chi connectivity index (χ0) is 22.4. The van der Waals surface area contributed by atoms with Crippen LogP contribution in [0.5, 0.6) is 0 Å². The van der Waals surface area contributed by atoms with E-state index in [0.29, 0.717) is 15.7 Å². The van der Waals surface area contributed by atoms with E-state index in [4.69, 9.17) is 10.7 Å². The lowest BCUT2D eigenvalue weighted by Crippen LogP contribution is -2.30. The Morgan fingerprint density at radius 3 is 2.73 bits per heavy atom. The van der Waals surface area contributed by atoms with E-state index in [1.807, 2.05) is 30.3 Å². The minimum atomic E-state index is -0.238. The van der Waals surface area contributed by atoms with Gasteiger partial charge in [0.25, 0.3) is 5.91 Å². The molecule has 0 atom stereocenters. The predicted molar refractivity (Wildman–Crippen MR) is 136 cm³/mol. The van der Waals surface area contributed by atoms with Crippen LogP contribution in [0, 0.1) is 0 Å². The summed E-state index contributed by atoms with van der Waals surface area (Å²) in [5.74, 6) is -0.238. The molecule has 0 bridgehead atoms. The Hall–Kier alpha value is -3.33. The number of hydrogen-bond acceptors (Lipinski definition) is 7. The third kappa shape index (κ3) is 3.86. The molecule has 3 N–H and O–H groups in total. The zero-order valence-corrected chi connectivity index (χ0v) is 19.4. The number of thiophene rings is 1. The summed E-state index contributed by atoms with van der Waals surface area (Å²) in [5, 5.41) is 4.34. The van der Waals surface area contributed by atoms with Gasteiger partial charge in [0, 0.05) is 37.1 Å². The Balaban J connectivity index is 1.26. The molecule has 2 aromatic carbocycles. The number of nitrogens with one attached hydrogen (secondary N) is 1. The number of fused-ring (bicyclic) bond motifs is 3. The Kier molecular flexibility index (Phi) is 5.05. The fourth-order valence-electron chi connectivity index (χ4n) is 4.28. The van der Waals surface area contributed by atoms with E-state index in [2.05, 4.69) is 45.5 Å². The van der Waals surface area contributed by atoms with Gasteiger partial charge in [-0.15, -0.1) is 11.3 Å². The summed E-state index contributed by atoms with van der Waals surface area (Å²) >= 11 is 2.80. The van der Waals surface area contributed by atoms with Gasteiger partial charge in [0.1, 0.15) is 9.71 Å². The van der Waals surface area contributed by atoms with Gasteiger partial charge < -0.3 is 5.73 Å². The van der Waals surface area contributed by atoms with E-state index < -0.39 is 0 Å². The van der Waals surface area contributed by atoms with Crippen LogP contribution < -0.4 is 11.1 Å². The topological polar surface area (TPSA) is 84.1 Å². The Labute approximate surface area is 198 Å². The molecule has 1 aliphatic heterocycles. The quantitative estimate of drug-likeness (QED) is 0.372. The number of thiazole rings is 1. The largest absolute Gasteiger partial charge is 0.397 e. The molecule has 0 spiro atoms. The monoisotopic (exact) mass is 471 g/mol. The summed E-state index contributed by atoms with van der Waals surface area (Å²) in [6.45, 7) is 2.70. The van der Waals surface area contributed by atoms with Crippen LogP contribution in [-0.2, 0) is 19.5 Å². The molecule has 6 rings (SSSR count). The third-order valence-electron chi connectivity index (χ3n) is 5.92. The number of hydrogen-bond donors (Lipinski definition) is 2. The summed E-state index contributed by atoms with van der Waals surface area (Å²) in [6, 6.07) is 20.5. The Morgan fingerprint density at radius 2 is 1.88 bits per heavy atom. The molecule has 1 aliphatic rings. The van der Waals surface area contributed by atoms with Gasteiger partial charge in [-0.25, -0.2) is 9.97 Å². The lowest BCUT2D eigenvalue weighted by atomic mass is 10.0. The van der Waals surface area contributed by atoms with Crippen LogP contribution in [-0.4, -0.2) is 27.3 Å². The first kappa shape index (κ1) is 20.3. The summed E-state index contributed by atoms with van der Waals surface area (Å²) in [5.41, 5.74) is 11.4. The number of anilines is 2. The van der Waals surface area contributed by atoms with Crippen LogP contribution in [0.2, 0.25) is 0 Å². The molecule has 6 nitrogen and oxygen atoms in total. The van der Waals surface area contributed by atoms with Crippen molar-refractivity contribution in [1.29, 1.82) is 0 Å². The molecule has 5 aromatic rings. The number of pyridine rings is 1. The average molecular weight is 472 g/mol. The standard InChI is InChI=1S/C25H21N5OS2/c26-21-17-12-16-14-30(13-15-6-2-1-3-7-15)11-10-18(16)27-24(17)33-22(21)23(31)29-25-28-19-8-4-5-9-20(19)32-25/h1-9,12H,10-11,13-14,26H2,(H,28,29,31). The van der Waals surface area contributed by atoms with Crippen molar-refractivity contribution in [2.75, 3.05) is 17.6 Å². The molecule has 0 aliphatic carbocycles. The molecule has 0 saturated carbocycles. The van der Waals surface area contributed by atoms with Crippen molar-refractivity contribution in [3.05, 3.63) is 82.4 Å². The molecule has 164 valence electrons. The second-order valence-electron chi connectivity index (χ2n) is 8.18. The van der Waals surface area contributed by atoms with Crippen molar-refractivity contribution in [3.8, 4) is 0 Å². The number of carbonyl (C=O) groups is 1. The van der Waals surface area contributed by atoms with Crippen LogP contribution in [0.3, 0.4) is 0 Å². The van der Waals surface area contributed by atoms with E-state index in [1.54, 1.807) is 0 Å². The van der Waals surface area contributed by atoms with Crippen molar-refractivity contribution in [1.82, 2.24) is 14.9 Å². The number of nitrogen functional groups attached to an aromatic ring is 1. The van der Waals surface area contributed by atoms with Crippen molar-refractivity contribution in [2.45, 2.75) is 19.5 Å². The second kappa shape index (κ2) is 8.22. The molecule has 0 saturated heterocycles. The maximum Gasteiger partial charge on any atom is 0.269 e. The molecule has 3 aromatic heterocycles. The number of para-hydroxylation sites is 1. The summed E-state index contributed by atoms with van der Waals surface area (Å²) in [4.78, 5) is 26.1. The van der Waals surface area contributed by atoms with Crippen molar-refractivity contribution in [2.24, 2.45) is 0 Å². The van der Waals surface area contributed by atoms with Gasteiger partial charge >= 0.3 is 0 Å². The van der Waals surface area contributed by atoms with Crippen molar-refractivity contribution >= 4 is 59.8 Å². The summed E-state index contributed by atoms with van der Waals surface area (Å²) in [7, 11) is 0. The molecule has 1 amide bonds. The molecule has 33 heavy (non-hydrogen) atoms. The number of rotatable bonds is 4. The minimum absolute atomic E-state index is 0.238. The van der Waals surface area contributed by atoms with Gasteiger partial charge in [-0.1, -0.05) is 53.8 Å². The molecule has 0 fully saturated rings. The SMILES string of the molecule is Nc1c(C(=O)Nc2nc3ccccc3s2)sc2nc3c(cc12)CN(Cc1ccccc1)CC3. The third-order valence-corrected chi connectivity index (χ3v) is 7.98. The first-order valence-electron chi connectivity index (χ1n) is 10.8. The Morgan fingerprint density at radius 1 is 1.06 bits per heavy atom. The Bertz CT molecular complexity index is 1460. The number of carbonyl (C=O) groups excluding carboxylic acids is 1. The molecule has 4 heterocycles. The van der Waals surface area contributed by atoms with E-state index in [-0.39, 0.29) is 5.91 Å². The first-order chi connectivity index (χ1) is 16.1. The zero-order valence-electron chi connectivity index (χ0n) is 17.7. The lowest BCUT2D eigenvalue weighted by molar-refractivity contribution is 0.103. The summed E-state index contributed by atoms with van der Waals surface area (Å²) in [6.07, 6.45) is 0.892. The predicted octanol–water partition coefficient (Wildman–Crippen LogP) is 5.30. The number of benzene rings is 2. The summed E-state index contributed by atoms with van der Waals surface area (Å²) < 4.78 is 1.03. The highest BCUT2D eigenvalue weighted by Gasteiger charge is 2.23. The van der Waals surface area contributed by atoms with E-state index in [1.165, 1.54) is 33.8 Å². The van der Waals surface area contributed by atoms with Gasteiger partial charge in [0.2, 0.25) is 0 Å². The normalized spacial score (nSPS) is 13.9. The highest BCUT2D eigenvalue weighted by Crippen LogP contribution is 2.36. The van der Waals surface area contributed by atoms with Crippen LogP contribution in [0.4, 0.5) is 10.8 Å². The fraction of sp³-hybridized carbons (Fsp3) is 0.160. The smallest absolute Gasteiger partial charge is 0.269 e. The number of nitrogens with zero attached hydrogens (tertiary/aromatic N) is 3. The lowest BCUT2D eigenvalue weighted by Gasteiger charge is -2.28. The van der Waals surface area contributed by atoms with Crippen molar-refractivity contribution < 1.29 is 4.79 Å². The highest BCUT2D eigenvalue weighted by molar-refractivity contribution is 7.23. The van der Waals surface area contributed by atoms with Gasteiger partial charge in [-0.3, -0.25) is 15.0 Å². The highest BCUT2D eigenvalue weighted by atomic mass is 32.1. The molecule has 0 unspecified atom stereocenters. The average Bonchev–Trinajstić information content (AvgIpc) is 3.38. The van der Waals surface area contributed by atoms with E-state index in [9.17, 15) is 4.79 Å².